The fraction of sp³-hybridized carbons (Fsp3) is 0.389. The number of aromatic amines is 1. The maximum absolute atomic E-state index is 15.4. The summed E-state index contributed by atoms with van der Waals surface area (Å²) in [6, 6.07) is 3.91. The molecule has 0 aliphatic carbocycles. The minimum atomic E-state index is -0.344. The first-order chi connectivity index (χ1) is 12.2. The van der Waals surface area contributed by atoms with E-state index in [1.54, 1.807) is 6.20 Å². The molecule has 3 aromatic rings. The molecule has 2 N–H and O–H groups in total. The predicted octanol–water partition coefficient (Wildman–Crippen LogP) is 2.27. The van der Waals surface area contributed by atoms with Gasteiger partial charge in [-0.3, -0.25) is 5.10 Å². The van der Waals surface area contributed by atoms with Crippen LogP contribution < -0.4 is 10.2 Å². The van der Waals surface area contributed by atoms with Gasteiger partial charge in [0.2, 0.25) is 0 Å². The number of fused-ring (bicyclic) bond motifs is 1. The average Bonchev–Trinajstić information content (AvgIpc) is 3.22. The molecule has 5 rings (SSSR count). The van der Waals surface area contributed by atoms with Crippen LogP contribution in [0.15, 0.2) is 24.7 Å². The summed E-state index contributed by atoms with van der Waals surface area (Å²) < 4.78 is 15.4. The molecule has 4 heterocycles. The Balaban J connectivity index is 1.61. The lowest BCUT2D eigenvalue weighted by Gasteiger charge is -2.39. The van der Waals surface area contributed by atoms with Crippen molar-refractivity contribution in [1.29, 1.82) is 0 Å². The van der Waals surface area contributed by atoms with Crippen molar-refractivity contribution in [2.75, 3.05) is 31.1 Å². The molecule has 0 atom stereocenters. The van der Waals surface area contributed by atoms with Crippen molar-refractivity contribution in [3.05, 3.63) is 36.0 Å². The van der Waals surface area contributed by atoms with Crippen molar-refractivity contribution < 1.29 is 4.39 Å². The number of nitrogens with zero attached hydrogens (tertiary/aromatic N) is 4. The average molecular weight is 338 g/mol. The third-order valence-corrected chi connectivity index (χ3v) is 5.58. The van der Waals surface area contributed by atoms with Crippen LogP contribution in [0.1, 0.15) is 12.0 Å². The minimum absolute atomic E-state index is 0.290. The highest BCUT2D eigenvalue weighted by atomic mass is 19.1. The topological polar surface area (TPSA) is 69.7 Å². The Morgan fingerprint density at radius 2 is 2.12 bits per heavy atom. The van der Waals surface area contributed by atoms with Crippen molar-refractivity contribution in [3.63, 3.8) is 0 Å². The van der Waals surface area contributed by atoms with Gasteiger partial charge in [0.1, 0.15) is 12.0 Å². The summed E-state index contributed by atoms with van der Waals surface area (Å²) in [4.78, 5) is 10.6. The molecule has 6 nitrogen and oxygen atoms in total. The Kier molecular flexibility index (Phi) is 3.09. The van der Waals surface area contributed by atoms with Gasteiger partial charge in [-0.2, -0.15) is 5.10 Å². The number of rotatable bonds is 2. The number of hydrogen-bond acceptors (Lipinski definition) is 5. The zero-order valence-corrected chi connectivity index (χ0v) is 14.0. The van der Waals surface area contributed by atoms with Crippen LogP contribution in [-0.4, -0.2) is 46.3 Å². The van der Waals surface area contributed by atoms with Crippen molar-refractivity contribution in [1.82, 2.24) is 25.5 Å². The molecule has 2 aliphatic heterocycles. The third kappa shape index (κ3) is 2.15. The van der Waals surface area contributed by atoms with Gasteiger partial charge >= 0.3 is 0 Å². The fourth-order valence-corrected chi connectivity index (χ4v) is 4.08. The summed E-state index contributed by atoms with van der Waals surface area (Å²) in [5, 5.41) is 11.2. The summed E-state index contributed by atoms with van der Waals surface area (Å²) in [7, 11) is 0. The van der Waals surface area contributed by atoms with Crippen molar-refractivity contribution in [2.45, 2.75) is 13.3 Å². The van der Waals surface area contributed by atoms with Gasteiger partial charge in [-0.25, -0.2) is 14.4 Å². The van der Waals surface area contributed by atoms with Crippen molar-refractivity contribution in [2.24, 2.45) is 5.41 Å². The third-order valence-electron chi connectivity index (χ3n) is 5.58. The number of halogens is 1. The van der Waals surface area contributed by atoms with E-state index < -0.39 is 0 Å². The molecule has 7 heteroatoms. The zero-order chi connectivity index (χ0) is 17.0. The second kappa shape index (κ2) is 5.23. The molecule has 25 heavy (non-hydrogen) atoms. The number of aryl methyl sites for hydroxylation is 1. The first-order valence-electron chi connectivity index (χ1n) is 8.56. The molecular formula is C18H19FN6. The Morgan fingerprint density at radius 1 is 1.24 bits per heavy atom. The molecule has 128 valence electrons. The van der Waals surface area contributed by atoms with Gasteiger partial charge in [0, 0.05) is 42.5 Å². The number of hydrogen-bond donors (Lipinski definition) is 2. The molecule has 2 aromatic heterocycles. The number of H-pyrrole nitrogens is 1. The largest absolute Gasteiger partial charge is 0.353 e. The maximum atomic E-state index is 15.4. The number of nitrogens with one attached hydrogen (secondary N) is 2. The Morgan fingerprint density at radius 3 is 2.88 bits per heavy atom. The summed E-state index contributed by atoms with van der Waals surface area (Å²) in [6.07, 6.45) is 4.27. The number of aromatic nitrogens is 4. The molecular weight excluding hydrogens is 319 g/mol. The first-order valence-corrected chi connectivity index (χ1v) is 8.56. The molecule has 1 spiro atoms. The minimum Gasteiger partial charge on any atom is -0.353 e. The van der Waals surface area contributed by atoms with E-state index in [0.717, 1.165) is 54.6 Å². The van der Waals surface area contributed by atoms with Crippen LogP contribution in [0.5, 0.6) is 0 Å². The van der Waals surface area contributed by atoms with E-state index in [1.807, 2.05) is 19.1 Å². The van der Waals surface area contributed by atoms with E-state index in [4.69, 9.17) is 0 Å². The van der Waals surface area contributed by atoms with E-state index >= 15 is 4.39 Å². The van der Waals surface area contributed by atoms with Crippen molar-refractivity contribution in [3.8, 4) is 11.3 Å². The Labute approximate surface area is 144 Å². The summed E-state index contributed by atoms with van der Waals surface area (Å²) >= 11 is 0. The lowest BCUT2D eigenvalue weighted by atomic mass is 9.81. The molecule has 1 aromatic carbocycles. The van der Waals surface area contributed by atoms with Crippen LogP contribution >= 0.6 is 0 Å². The molecule has 2 aliphatic rings. The quantitative estimate of drug-likeness (QED) is 0.750. The van der Waals surface area contributed by atoms with E-state index in [1.165, 1.54) is 6.33 Å². The van der Waals surface area contributed by atoms with Gasteiger partial charge in [0.15, 0.2) is 11.6 Å². The monoisotopic (exact) mass is 338 g/mol. The van der Waals surface area contributed by atoms with E-state index in [2.05, 4.69) is 30.4 Å². The van der Waals surface area contributed by atoms with E-state index in [0.29, 0.717) is 11.5 Å². The smallest absolute Gasteiger partial charge is 0.191 e. The van der Waals surface area contributed by atoms with Crippen LogP contribution in [0, 0.1) is 18.2 Å². The molecule has 2 saturated heterocycles. The molecule has 0 unspecified atom stereocenters. The predicted molar refractivity (Wildman–Crippen MR) is 93.9 cm³/mol. The highest BCUT2D eigenvalue weighted by molar-refractivity contribution is 5.95. The van der Waals surface area contributed by atoms with Gasteiger partial charge in [0.05, 0.1) is 11.7 Å². The Bertz CT molecular complexity index is 961. The van der Waals surface area contributed by atoms with Crippen molar-refractivity contribution >= 4 is 16.7 Å². The van der Waals surface area contributed by atoms with Gasteiger partial charge in [-0.15, -0.1) is 0 Å². The molecule has 0 amide bonds. The van der Waals surface area contributed by atoms with Gasteiger partial charge in [0.25, 0.3) is 0 Å². The lowest BCUT2D eigenvalue weighted by molar-refractivity contribution is 0.199. The number of benzene rings is 1. The molecule has 0 bridgehead atoms. The van der Waals surface area contributed by atoms with Gasteiger partial charge < -0.3 is 10.2 Å². The molecule has 2 fully saturated rings. The summed E-state index contributed by atoms with van der Waals surface area (Å²) in [5.41, 5.74) is 3.27. The van der Waals surface area contributed by atoms with Crippen LogP contribution in [-0.2, 0) is 0 Å². The summed E-state index contributed by atoms with van der Waals surface area (Å²) in [6.45, 7) is 5.67. The Hall–Kier alpha value is -2.54. The zero-order valence-electron chi connectivity index (χ0n) is 14.0. The van der Waals surface area contributed by atoms with Gasteiger partial charge in [-0.05, 0) is 25.0 Å². The summed E-state index contributed by atoms with van der Waals surface area (Å²) in [5.74, 6) is 0.0669. The van der Waals surface area contributed by atoms with Crippen LogP contribution in [0.3, 0.4) is 0 Å². The highest BCUT2D eigenvalue weighted by Gasteiger charge is 2.44. The lowest BCUT2D eigenvalue weighted by Crippen LogP contribution is -2.54. The standard InChI is InChI=1S/C18H19FN6/c1-11-2-3-13-12(6-23-24-13)14(11)16-15(19)17(22-10-21-16)25-5-4-18(9-25)7-20-8-18/h2-3,6,10,20H,4-5,7-9H2,1H3,(H,23,24). The second-order valence-electron chi connectivity index (χ2n) is 7.22. The fourth-order valence-electron chi connectivity index (χ4n) is 4.08. The molecule has 0 radical (unpaired) electrons. The molecule has 0 saturated carbocycles. The second-order valence-corrected chi connectivity index (χ2v) is 7.22. The first kappa shape index (κ1) is 14.8. The maximum Gasteiger partial charge on any atom is 0.191 e. The van der Waals surface area contributed by atoms with E-state index in [-0.39, 0.29) is 11.2 Å². The van der Waals surface area contributed by atoms with Crippen LogP contribution in [0.4, 0.5) is 10.2 Å². The SMILES string of the molecule is Cc1ccc2[nH]ncc2c1-c1ncnc(N2CCC3(CNC3)C2)c1F. The number of anilines is 1. The van der Waals surface area contributed by atoms with Crippen LogP contribution in [0.2, 0.25) is 0 Å². The van der Waals surface area contributed by atoms with E-state index in [9.17, 15) is 0 Å². The van der Waals surface area contributed by atoms with Crippen LogP contribution in [0.25, 0.3) is 22.2 Å². The highest BCUT2D eigenvalue weighted by Crippen LogP contribution is 2.39. The van der Waals surface area contributed by atoms with Gasteiger partial charge in [-0.1, -0.05) is 6.07 Å². The normalized spacial score (nSPS) is 18.9.